The van der Waals surface area contributed by atoms with Crippen molar-refractivity contribution in [2.24, 2.45) is 11.8 Å². The van der Waals surface area contributed by atoms with Gasteiger partial charge in [0.05, 0.1) is 0 Å². The second-order valence-corrected chi connectivity index (χ2v) is 4.03. The largest absolute Gasteiger partial charge is 0.299 e. The van der Waals surface area contributed by atoms with Crippen LogP contribution in [-0.2, 0) is 4.79 Å². The van der Waals surface area contributed by atoms with E-state index >= 15 is 0 Å². The minimum absolute atomic E-state index is 0.453. The van der Waals surface area contributed by atoms with Crippen LogP contribution < -0.4 is 0 Å². The topological polar surface area (TPSA) is 17.1 Å². The van der Waals surface area contributed by atoms with Crippen molar-refractivity contribution in [1.82, 2.24) is 0 Å². The first-order valence-corrected chi connectivity index (χ1v) is 4.73. The zero-order chi connectivity index (χ0) is 8.27. The minimum atomic E-state index is 0.453. The molecule has 0 aromatic rings. The maximum atomic E-state index is 11.3. The minimum Gasteiger partial charge on any atom is -0.299 e. The molecule has 0 aliphatic heterocycles. The van der Waals surface area contributed by atoms with E-state index in [1.54, 1.807) is 0 Å². The van der Waals surface area contributed by atoms with Crippen molar-refractivity contribution < 1.29 is 4.79 Å². The Morgan fingerprint density at radius 2 is 2.09 bits per heavy atom. The number of hydrogen-bond donors (Lipinski definition) is 0. The van der Waals surface area contributed by atoms with Crippen LogP contribution in [0.15, 0.2) is 0 Å². The van der Waals surface area contributed by atoms with Gasteiger partial charge in [0, 0.05) is 12.3 Å². The van der Waals surface area contributed by atoms with Crippen LogP contribution in [0.3, 0.4) is 0 Å². The molecule has 1 nitrogen and oxygen atoms in total. The zero-order valence-electron chi connectivity index (χ0n) is 7.60. The van der Waals surface area contributed by atoms with Gasteiger partial charge in [-0.2, -0.15) is 0 Å². The third-order valence-corrected chi connectivity index (χ3v) is 2.53. The Morgan fingerprint density at radius 1 is 1.45 bits per heavy atom. The molecule has 1 saturated carbocycles. The van der Waals surface area contributed by atoms with E-state index in [2.05, 4.69) is 13.8 Å². The van der Waals surface area contributed by atoms with Crippen LogP contribution in [0.4, 0.5) is 0 Å². The molecule has 0 radical (unpaired) electrons. The highest BCUT2D eigenvalue weighted by Crippen LogP contribution is 2.28. The van der Waals surface area contributed by atoms with Gasteiger partial charge in [0.25, 0.3) is 0 Å². The Labute approximate surface area is 69.2 Å². The standard InChI is InChI=1S/C10H18O/c1-8(2)6-7-10(11)9-4-3-5-9/h8-9H,3-7H2,1-2H3. The third kappa shape index (κ3) is 2.64. The Morgan fingerprint density at radius 3 is 2.45 bits per heavy atom. The molecule has 64 valence electrons. The summed E-state index contributed by atoms with van der Waals surface area (Å²) in [5.41, 5.74) is 0. The summed E-state index contributed by atoms with van der Waals surface area (Å²) in [5.74, 6) is 1.65. The van der Waals surface area contributed by atoms with Gasteiger partial charge in [-0.1, -0.05) is 20.3 Å². The highest BCUT2D eigenvalue weighted by molar-refractivity contribution is 5.81. The van der Waals surface area contributed by atoms with E-state index in [9.17, 15) is 4.79 Å². The fourth-order valence-electron chi connectivity index (χ4n) is 1.37. The molecule has 11 heavy (non-hydrogen) atoms. The molecule has 1 aliphatic carbocycles. The molecule has 0 aromatic heterocycles. The summed E-state index contributed by atoms with van der Waals surface area (Å²) in [6.45, 7) is 4.35. The molecule has 0 spiro atoms. The van der Waals surface area contributed by atoms with Crippen LogP contribution in [0.25, 0.3) is 0 Å². The molecule has 0 saturated heterocycles. The maximum Gasteiger partial charge on any atom is 0.135 e. The van der Waals surface area contributed by atoms with Crippen molar-refractivity contribution in [3.8, 4) is 0 Å². The molecule has 1 heteroatoms. The average Bonchev–Trinajstić information content (AvgIpc) is 1.79. The van der Waals surface area contributed by atoms with Gasteiger partial charge in [0.15, 0.2) is 0 Å². The smallest absolute Gasteiger partial charge is 0.135 e. The Balaban J connectivity index is 2.10. The number of carbonyl (C=O) groups excluding carboxylic acids is 1. The number of Topliss-reactive ketones (excluding diaryl/α,β-unsaturated/α-hetero) is 1. The summed E-state index contributed by atoms with van der Waals surface area (Å²) in [6, 6.07) is 0. The molecule has 1 rings (SSSR count). The van der Waals surface area contributed by atoms with E-state index < -0.39 is 0 Å². The maximum absolute atomic E-state index is 11.3. The second kappa shape index (κ2) is 3.89. The predicted octanol–water partition coefficient (Wildman–Crippen LogP) is 2.79. The van der Waals surface area contributed by atoms with Crippen LogP contribution in [-0.4, -0.2) is 5.78 Å². The van der Waals surface area contributed by atoms with Crippen LogP contribution >= 0.6 is 0 Å². The number of carbonyl (C=O) groups is 1. The zero-order valence-corrected chi connectivity index (χ0v) is 7.60. The van der Waals surface area contributed by atoms with Gasteiger partial charge >= 0.3 is 0 Å². The lowest BCUT2D eigenvalue weighted by atomic mass is 9.80. The molecule has 0 atom stereocenters. The van der Waals surface area contributed by atoms with Crippen LogP contribution in [0.1, 0.15) is 46.0 Å². The average molecular weight is 154 g/mol. The van der Waals surface area contributed by atoms with Crippen molar-refractivity contribution in [3.05, 3.63) is 0 Å². The summed E-state index contributed by atoms with van der Waals surface area (Å²) in [6.07, 6.45) is 5.50. The monoisotopic (exact) mass is 154 g/mol. The van der Waals surface area contributed by atoms with Gasteiger partial charge in [-0.3, -0.25) is 4.79 Å². The molecule has 0 heterocycles. The quantitative estimate of drug-likeness (QED) is 0.608. The van der Waals surface area contributed by atoms with Gasteiger partial charge in [-0.05, 0) is 25.2 Å². The summed E-state index contributed by atoms with van der Waals surface area (Å²) in [4.78, 5) is 11.3. The summed E-state index contributed by atoms with van der Waals surface area (Å²) < 4.78 is 0. The van der Waals surface area contributed by atoms with Crippen LogP contribution in [0.5, 0.6) is 0 Å². The highest BCUT2D eigenvalue weighted by atomic mass is 16.1. The first kappa shape index (κ1) is 8.76. The van der Waals surface area contributed by atoms with Gasteiger partial charge in [0.2, 0.25) is 0 Å². The normalized spacial score (nSPS) is 18.5. The molecule has 0 unspecified atom stereocenters. The summed E-state index contributed by atoms with van der Waals surface area (Å²) >= 11 is 0. The Bertz CT molecular complexity index is 134. The second-order valence-electron chi connectivity index (χ2n) is 4.03. The van der Waals surface area contributed by atoms with E-state index in [1.807, 2.05) is 0 Å². The van der Waals surface area contributed by atoms with Gasteiger partial charge < -0.3 is 0 Å². The van der Waals surface area contributed by atoms with E-state index in [0.717, 1.165) is 25.7 Å². The van der Waals surface area contributed by atoms with Crippen molar-refractivity contribution >= 4 is 5.78 Å². The predicted molar refractivity (Wildman–Crippen MR) is 46.4 cm³/mol. The third-order valence-electron chi connectivity index (χ3n) is 2.53. The van der Waals surface area contributed by atoms with E-state index in [0.29, 0.717) is 17.6 Å². The van der Waals surface area contributed by atoms with E-state index in [-0.39, 0.29) is 0 Å². The van der Waals surface area contributed by atoms with Crippen molar-refractivity contribution in [1.29, 1.82) is 0 Å². The molecule has 1 fully saturated rings. The van der Waals surface area contributed by atoms with E-state index in [1.165, 1.54) is 6.42 Å². The fraction of sp³-hybridized carbons (Fsp3) is 0.900. The van der Waals surface area contributed by atoms with Crippen molar-refractivity contribution in [2.45, 2.75) is 46.0 Å². The summed E-state index contributed by atoms with van der Waals surface area (Å²) in [7, 11) is 0. The van der Waals surface area contributed by atoms with Crippen molar-refractivity contribution in [3.63, 3.8) is 0 Å². The molecule has 1 aliphatic rings. The van der Waals surface area contributed by atoms with Gasteiger partial charge in [-0.25, -0.2) is 0 Å². The Kier molecular flexibility index (Phi) is 3.10. The highest BCUT2D eigenvalue weighted by Gasteiger charge is 2.24. The fourth-order valence-corrected chi connectivity index (χ4v) is 1.37. The SMILES string of the molecule is CC(C)CCC(=O)C1CCC1. The lowest BCUT2D eigenvalue weighted by Crippen LogP contribution is -2.21. The van der Waals surface area contributed by atoms with E-state index in [4.69, 9.17) is 0 Å². The molecule has 0 bridgehead atoms. The number of ketones is 1. The molecular weight excluding hydrogens is 136 g/mol. The molecule has 0 N–H and O–H groups in total. The van der Waals surface area contributed by atoms with Crippen molar-refractivity contribution in [2.75, 3.05) is 0 Å². The van der Waals surface area contributed by atoms with Crippen LogP contribution in [0.2, 0.25) is 0 Å². The lowest BCUT2D eigenvalue weighted by Gasteiger charge is -2.23. The Hall–Kier alpha value is -0.330. The van der Waals surface area contributed by atoms with Gasteiger partial charge in [0.1, 0.15) is 5.78 Å². The molecule has 0 aromatic carbocycles. The first-order chi connectivity index (χ1) is 5.20. The first-order valence-electron chi connectivity index (χ1n) is 4.73. The number of hydrogen-bond acceptors (Lipinski definition) is 1. The summed E-state index contributed by atoms with van der Waals surface area (Å²) in [5, 5.41) is 0. The van der Waals surface area contributed by atoms with Crippen LogP contribution in [0, 0.1) is 11.8 Å². The lowest BCUT2D eigenvalue weighted by molar-refractivity contribution is -0.125. The molecular formula is C10H18O. The number of rotatable bonds is 4. The molecule has 0 amide bonds. The van der Waals surface area contributed by atoms with Gasteiger partial charge in [-0.15, -0.1) is 0 Å².